The summed E-state index contributed by atoms with van der Waals surface area (Å²) < 4.78 is 5.14. The summed E-state index contributed by atoms with van der Waals surface area (Å²) in [6, 6.07) is 7.28. The van der Waals surface area contributed by atoms with Crippen LogP contribution in [-0.2, 0) is 13.0 Å². The minimum absolute atomic E-state index is 0.0814. The molecule has 0 atom stereocenters. The molecule has 132 valence electrons. The molecule has 0 N–H and O–H groups in total. The summed E-state index contributed by atoms with van der Waals surface area (Å²) >= 11 is 0. The van der Waals surface area contributed by atoms with Crippen LogP contribution in [0.2, 0.25) is 0 Å². The molecule has 0 aliphatic carbocycles. The van der Waals surface area contributed by atoms with Crippen LogP contribution in [0.3, 0.4) is 0 Å². The fourth-order valence-electron chi connectivity index (χ4n) is 2.93. The number of methoxy groups -OCH3 is 1. The zero-order valence-electron chi connectivity index (χ0n) is 14.8. The molecule has 25 heavy (non-hydrogen) atoms. The van der Waals surface area contributed by atoms with Crippen molar-refractivity contribution in [1.82, 2.24) is 19.8 Å². The van der Waals surface area contributed by atoms with Gasteiger partial charge in [0.1, 0.15) is 11.6 Å². The Bertz CT molecular complexity index is 692. The Kier molecular flexibility index (Phi) is 5.60. The SMILES string of the molecule is CCc1ncc(CN2CCN(C(=O)c3ccc(OC)cc3)CC2)cn1. The first kappa shape index (κ1) is 17.4. The van der Waals surface area contributed by atoms with Gasteiger partial charge in [-0.3, -0.25) is 9.69 Å². The summed E-state index contributed by atoms with van der Waals surface area (Å²) in [4.78, 5) is 25.5. The second-order valence-corrected chi connectivity index (χ2v) is 6.16. The van der Waals surface area contributed by atoms with Gasteiger partial charge in [-0.1, -0.05) is 6.92 Å². The van der Waals surface area contributed by atoms with Gasteiger partial charge in [-0.15, -0.1) is 0 Å². The van der Waals surface area contributed by atoms with Gasteiger partial charge in [-0.05, 0) is 24.3 Å². The number of hydrogen-bond donors (Lipinski definition) is 0. The molecule has 6 nitrogen and oxygen atoms in total. The van der Waals surface area contributed by atoms with Gasteiger partial charge >= 0.3 is 0 Å². The molecule has 6 heteroatoms. The van der Waals surface area contributed by atoms with E-state index in [0.717, 1.165) is 56.3 Å². The Morgan fingerprint density at radius 1 is 1.08 bits per heavy atom. The molecule has 1 amide bonds. The average Bonchev–Trinajstić information content (AvgIpc) is 2.69. The van der Waals surface area contributed by atoms with Crippen LogP contribution < -0.4 is 4.74 Å². The van der Waals surface area contributed by atoms with Crippen molar-refractivity contribution < 1.29 is 9.53 Å². The van der Waals surface area contributed by atoms with E-state index in [2.05, 4.69) is 14.9 Å². The Balaban J connectivity index is 1.52. The predicted octanol–water partition coefficient (Wildman–Crippen LogP) is 2.01. The molecule has 1 aromatic carbocycles. The molecule has 2 heterocycles. The Labute approximate surface area is 148 Å². The first-order chi connectivity index (χ1) is 12.2. The van der Waals surface area contributed by atoms with Gasteiger partial charge in [-0.2, -0.15) is 0 Å². The van der Waals surface area contributed by atoms with E-state index in [1.54, 1.807) is 7.11 Å². The summed E-state index contributed by atoms with van der Waals surface area (Å²) in [7, 11) is 1.62. The maximum atomic E-state index is 12.6. The summed E-state index contributed by atoms with van der Waals surface area (Å²) in [6.45, 7) is 6.06. The normalized spacial score (nSPS) is 15.2. The summed E-state index contributed by atoms with van der Waals surface area (Å²) in [5.41, 5.74) is 1.82. The van der Waals surface area contributed by atoms with Gasteiger partial charge < -0.3 is 9.64 Å². The number of benzene rings is 1. The zero-order chi connectivity index (χ0) is 17.6. The van der Waals surface area contributed by atoms with Crippen molar-refractivity contribution in [2.75, 3.05) is 33.3 Å². The smallest absolute Gasteiger partial charge is 0.253 e. The van der Waals surface area contributed by atoms with E-state index < -0.39 is 0 Å². The summed E-state index contributed by atoms with van der Waals surface area (Å²) in [6.07, 6.45) is 4.66. The van der Waals surface area contributed by atoms with Crippen LogP contribution in [0, 0.1) is 0 Å². The highest BCUT2D eigenvalue weighted by Crippen LogP contribution is 2.15. The lowest BCUT2D eigenvalue weighted by atomic mass is 10.1. The van der Waals surface area contributed by atoms with Gasteiger partial charge in [0.25, 0.3) is 5.91 Å². The van der Waals surface area contributed by atoms with E-state index in [9.17, 15) is 4.79 Å². The maximum Gasteiger partial charge on any atom is 0.253 e. The molecular formula is C19H24N4O2. The monoisotopic (exact) mass is 340 g/mol. The third-order valence-corrected chi connectivity index (χ3v) is 4.48. The lowest BCUT2D eigenvalue weighted by Gasteiger charge is -2.34. The molecule has 2 aromatic rings. The molecule has 0 bridgehead atoms. The molecule has 0 spiro atoms. The van der Waals surface area contributed by atoms with E-state index in [-0.39, 0.29) is 5.91 Å². The summed E-state index contributed by atoms with van der Waals surface area (Å²) in [5, 5.41) is 0. The van der Waals surface area contributed by atoms with Crippen LogP contribution in [0.15, 0.2) is 36.7 Å². The molecule has 1 saturated heterocycles. The number of nitrogens with zero attached hydrogens (tertiary/aromatic N) is 4. The van der Waals surface area contributed by atoms with Crippen molar-refractivity contribution >= 4 is 5.91 Å². The number of piperazine rings is 1. The maximum absolute atomic E-state index is 12.6. The van der Waals surface area contributed by atoms with Crippen molar-refractivity contribution in [3.05, 3.63) is 53.6 Å². The van der Waals surface area contributed by atoms with E-state index in [1.165, 1.54) is 0 Å². The van der Waals surface area contributed by atoms with E-state index in [4.69, 9.17) is 4.74 Å². The fraction of sp³-hybridized carbons (Fsp3) is 0.421. The minimum Gasteiger partial charge on any atom is -0.497 e. The fourth-order valence-corrected chi connectivity index (χ4v) is 2.93. The number of carbonyl (C=O) groups excluding carboxylic acids is 1. The lowest BCUT2D eigenvalue weighted by molar-refractivity contribution is 0.0628. The van der Waals surface area contributed by atoms with Crippen LogP contribution in [0.4, 0.5) is 0 Å². The first-order valence-corrected chi connectivity index (χ1v) is 8.65. The molecule has 1 aliphatic heterocycles. The zero-order valence-corrected chi connectivity index (χ0v) is 14.8. The topological polar surface area (TPSA) is 58.6 Å². The number of ether oxygens (including phenoxy) is 1. The molecule has 0 saturated carbocycles. The summed E-state index contributed by atoms with van der Waals surface area (Å²) in [5.74, 6) is 1.72. The molecule has 1 aromatic heterocycles. The number of rotatable bonds is 5. The highest BCUT2D eigenvalue weighted by Gasteiger charge is 2.22. The average molecular weight is 340 g/mol. The van der Waals surface area contributed by atoms with E-state index in [0.29, 0.717) is 5.56 Å². The quantitative estimate of drug-likeness (QED) is 0.833. The van der Waals surface area contributed by atoms with Crippen LogP contribution in [0.25, 0.3) is 0 Å². The highest BCUT2D eigenvalue weighted by molar-refractivity contribution is 5.94. The van der Waals surface area contributed by atoms with Gasteiger partial charge in [-0.25, -0.2) is 9.97 Å². The molecule has 1 aliphatic rings. The number of hydrogen-bond acceptors (Lipinski definition) is 5. The Morgan fingerprint density at radius 3 is 2.28 bits per heavy atom. The predicted molar refractivity (Wildman–Crippen MR) is 95.6 cm³/mol. The van der Waals surface area contributed by atoms with Gasteiger partial charge in [0.2, 0.25) is 0 Å². The molecule has 3 rings (SSSR count). The number of amides is 1. The molecule has 0 radical (unpaired) electrons. The van der Waals surface area contributed by atoms with Crippen molar-refractivity contribution in [3.8, 4) is 5.75 Å². The largest absolute Gasteiger partial charge is 0.497 e. The second kappa shape index (κ2) is 8.07. The van der Waals surface area contributed by atoms with Crippen LogP contribution in [0.1, 0.15) is 28.7 Å². The standard InChI is InChI=1S/C19H24N4O2/c1-3-18-20-12-15(13-21-18)14-22-8-10-23(11-9-22)19(24)16-4-6-17(25-2)7-5-16/h4-7,12-13H,3,8-11,14H2,1-2H3. The van der Waals surface area contributed by atoms with E-state index in [1.807, 2.05) is 48.5 Å². The highest BCUT2D eigenvalue weighted by atomic mass is 16.5. The minimum atomic E-state index is 0.0814. The third-order valence-electron chi connectivity index (χ3n) is 4.48. The number of aromatic nitrogens is 2. The molecular weight excluding hydrogens is 316 g/mol. The van der Waals surface area contributed by atoms with Crippen LogP contribution in [-0.4, -0.2) is 59.0 Å². The number of aryl methyl sites for hydroxylation is 1. The van der Waals surface area contributed by atoms with Gasteiger partial charge in [0.05, 0.1) is 7.11 Å². The van der Waals surface area contributed by atoms with Crippen LogP contribution in [0.5, 0.6) is 5.75 Å². The van der Waals surface area contributed by atoms with Crippen molar-refractivity contribution in [3.63, 3.8) is 0 Å². The lowest BCUT2D eigenvalue weighted by Crippen LogP contribution is -2.48. The van der Waals surface area contributed by atoms with Crippen LogP contribution >= 0.6 is 0 Å². The van der Waals surface area contributed by atoms with Gasteiger partial charge in [0, 0.05) is 62.7 Å². The van der Waals surface area contributed by atoms with Crippen molar-refractivity contribution in [2.24, 2.45) is 0 Å². The number of carbonyl (C=O) groups is 1. The Morgan fingerprint density at radius 2 is 1.72 bits per heavy atom. The second-order valence-electron chi connectivity index (χ2n) is 6.16. The van der Waals surface area contributed by atoms with Gasteiger partial charge in [0.15, 0.2) is 0 Å². The molecule has 1 fully saturated rings. The van der Waals surface area contributed by atoms with Crippen molar-refractivity contribution in [2.45, 2.75) is 19.9 Å². The molecule has 0 unspecified atom stereocenters. The first-order valence-electron chi connectivity index (χ1n) is 8.65. The third kappa shape index (κ3) is 4.33. The Hall–Kier alpha value is -2.47. The van der Waals surface area contributed by atoms with Crippen molar-refractivity contribution in [1.29, 1.82) is 0 Å². The van der Waals surface area contributed by atoms with E-state index >= 15 is 0 Å².